The molecule has 0 radical (unpaired) electrons. The van der Waals surface area contributed by atoms with Crippen LogP contribution in [0.15, 0.2) is 158 Å². The van der Waals surface area contributed by atoms with Crippen LogP contribution in [0.1, 0.15) is 271 Å². The van der Waals surface area contributed by atoms with Gasteiger partial charge in [0.05, 0.1) is 27.7 Å². The average Bonchev–Trinajstić information content (AvgIpc) is 3.68. The van der Waals surface area contributed by atoms with Crippen molar-refractivity contribution >= 4 is 19.8 Å². The second-order valence-electron chi connectivity index (χ2n) is 24.2. The Morgan fingerprint density at radius 1 is 0.364 bits per heavy atom. The largest absolute Gasteiger partial charge is 0.756 e. The number of carbonyl (C=O) groups excluding carboxylic acids is 2. The Morgan fingerprint density at radius 2 is 0.648 bits per heavy atom. The van der Waals surface area contributed by atoms with Crippen LogP contribution in [0, 0.1) is 0 Å². The van der Waals surface area contributed by atoms with Crippen molar-refractivity contribution in [3.05, 3.63) is 158 Å². The lowest BCUT2D eigenvalue weighted by Crippen LogP contribution is -2.37. The summed E-state index contributed by atoms with van der Waals surface area (Å²) in [5.74, 6) is -0.859. The van der Waals surface area contributed by atoms with Crippen LogP contribution in [0.5, 0.6) is 0 Å². The number of likely N-dealkylation sites (N-methyl/N-ethyl adjacent to an activating group) is 1. The SMILES string of the molecule is CC/C=C\C/C=C\C/C=C\C/C=C\C/C=C\C/C=C\C/C=C\C/C=C\C/C=C\C/C=C\CCCCCCCCC(=O)OC(COC(=O)CCCCCCCCCCCCCC/C=C\C/C=C\C/C=C\CCCCCCC)COP(=O)([O-])OCC[N+](C)(C)C. The van der Waals surface area contributed by atoms with Gasteiger partial charge in [-0.25, -0.2) is 0 Å². The lowest BCUT2D eigenvalue weighted by Gasteiger charge is -2.28. The van der Waals surface area contributed by atoms with Crippen molar-refractivity contribution in [2.45, 2.75) is 277 Å². The fraction of sp³-hybridized carbons (Fsp3) is 0.641. The molecule has 10 heteroatoms. The maximum absolute atomic E-state index is 12.9. The van der Waals surface area contributed by atoms with E-state index in [-0.39, 0.29) is 26.1 Å². The van der Waals surface area contributed by atoms with E-state index in [2.05, 4.69) is 172 Å². The molecule has 0 bridgehead atoms. The predicted octanol–water partition coefficient (Wildman–Crippen LogP) is 22.5. The van der Waals surface area contributed by atoms with Gasteiger partial charge in [-0.15, -0.1) is 0 Å². The molecular formula is C78H130NO8P. The molecule has 0 aliphatic rings. The van der Waals surface area contributed by atoms with Gasteiger partial charge in [-0.2, -0.15) is 0 Å². The van der Waals surface area contributed by atoms with Gasteiger partial charge >= 0.3 is 11.9 Å². The highest BCUT2D eigenvalue weighted by molar-refractivity contribution is 7.45. The Balaban J connectivity index is 4.16. The van der Waals surface area contributed by atoms with Gasteiger partial charge in [-0.05, 0) is 128 Å². The first-order chi connectivity index (χ1) is 43.0. The summed E-state index contributed by atoms with van der Waals surface area (Å²) in [5, 5.41) is 0. The van der Waals surface area contributed by atoms with Gasteiger partial charge < -0.3 is 27.9 Å². The van der Waals surface area contributed by atoms with Gasteiger partial charge in [-0.1, -0.05) is 287 Å². The van der Waals surface area contributed by atoms with Crippen molar-refractivity contribution in [2.24, 2.45) is 0 Å². The molecule has 0 amide bonds. The van der Waals surface area contributed by atoms with Crippen molar-refractivity contribution in [3.63, 3.8) is 0 Å². The zero-order valence-electron chi connectivity index (χ0n) is 56.9. The van der Waals surface area contributed by atoms with Crippen LogP contribution in [-0.2, 0) is 32.7 Å². The van der Waals surface area contributed by atoms with Crippen LogP contribution in [-0.4, -0.2) is 70.0 Å². The highest BCUT2D eigenvalue weighted by Crippen LogP contribution is 2.38. The smallest absolute Gasteiger partial charge is 0.306 e. The van der Waals surface area contributed by atoms with E-state index in [9.17, 15) is 19.0 Å². The number of unbranched alkanes of at least 4 members (excludes halogenated alkanes) is 23. The van der Waals surface area contributed by atoms with E-state index < -0.39 is 32.5 Å². The first kappa shape index (κ1) is 83.6. The monoisotopic (exact) mass is 1240 g/mol. The number of rotatable bonds is 63. The van der Waals surface area contributed by atoms with Crippen LogP contribution < -0.4 is 4.89 Å². The summed E-state index contributed by atoms with van der Waals surface area (Å²) in [4.78, 5) is 38.1. The number of esters is 2. The molecule has 0 N–H and O–H groups in total. The highest BCUT2D eigenvalue weighted by atomic mass is 31.2. The van der Waals surface area contributed by atoms with Crippen molar-refractivity contribution < 1.29 is 42.1 Å². The molecule has 0 heterocycles. The number of allylic oxidation sites excluding steroid dienone is 26. The molecule has 0 rings (SSSR count). The first-order valence-corrected chi connectivity index (χ1v) is 36.7. The minimum Gasteiger partial charge on any atom is -0.756 e. The van der Waals surface area contributed by atoms with E-state index >= 15 is 0 Å². The summed E-state index contributed by atoms with van der Waals surface area (Å²) in [6, 6.07) is 0. The molecule has 0 saturated carbocycles. The van der Waals surface area contributed by atoms with Crippen molar-refractivity contribution in [1.82, 2.24) is 0 Å². The molecule has 0 aromatic heterocycles. The van der Waals surface area contributed by atoms with E-state index in [1.807, 2.05) is 21.1 Å². The number of nitrogens with zero attached hydrogens (tertiary/aromatic N) is 1. The Morgan fingerprint density at radius 3 is 0.966 bits per heavy atom. The van der Waals surface area contributed by atoms with E-state index in [0.29, 0.717) is 17.4 Å². The predicted molar refractivity (Wildman–Crippen MR) is 378 cm³/mol. The quantitative estimate of drug-likeness (QED) is 0.0195. The minimum absolute atomic E-state index is 0.0423. The highest BCUT2D eigenvalue weighted by Gasteiger charge is 2.22. The van der Waals surface area contributed by atoms with E-state index in [4.69, 9.17) is 18.5 Å². The third kappa shape index (κ3) is 70.7. The Bertz CT molecular complexity index is 2040. The third-order valence-corrected chi connectivity index (χ3v) is 15.5. The van der Waals surface area contributed by atoms with Gasteiger partial charge in [0.15, 0.2) is 6.10 Å². The first-order valence-electron chi connectivity index (χ1n) is 35.2. The number of carbonyl (C=O) groups is 2. The standard InChI is InChI=1S/C78H130NO8P/c1-6-8-10-12-14-16-18-20-22-24-26-28-30-32-34-35-36-37-38-39-40-41-42-43-45-47-49-51-53-55-57-59-61-63-65-67-69-71-78(81)87-76(75-86-88(82,83)85-73-72-79(3,4)5)74-84-77(80)70-68-66-64-62-60-58-56-54-52-50-48-46-44-33-31-29-27-25-23-21-19-17-15-13-11-9-7-2/h8,10,14,16,19-22,25-28,31-34,36-37,39-40,42-43,47,49,53,55,76H,6-7,9,11-13,15,17-18,23-24,29-30,35,38,41,44-46,48,50-52,54,56-75H2,1-5H3/b10-8-,16-14-,21-19-,22-20-,27-25-,28-26-,33-31-,34-32-,37-36-,40-39-,43-42-,49-47-,55-53-. The molecule has 0 fully saturated rings. The molecule has 0 aliphatic heterocycles. The third-order valence-electron chi connectivity index (χ3n) is 14.5. The minimum atomic E-state index is -4.66. The lowest BCUT2D eigenvalue weighted by atomic mass is 10.0. The van der Waals surface area contributed by atoms with E-state index in [0.717, 1.165) is 141 Å². The number of ether oxygens (including phenoxy) is 2. The Hall–Kier alpha value is -4.37. The lowest BCUT2D eigenvalue weighted by molar-refractivity contribution is -0.870. The normalized spacial score (nSPS) is 14.1. The summed E-state index contributed by atoms with van der Waals surface area (Å²) in [6.45, 7) is 4.09. The van der Waals surface area contributed by atoms with Gasteiger partial charge in [0.2, 0.25) is 0 Å². The van der Waals surface area contributed by atoms with Crippen molar-refractivity contribution in [3.8, 4) is 0 Å². The van der Waals surface area contributed by atoms with Crippen LogP contribution in [0.4, 0.5) is 0 Å². The molecule has 500 valence electrons. The number of quaternary nitrogens is 1. The molecule has 0 saturated heterocycles. The molecule has 2 atom stereocenters. The number of phosphoric acid groups is 1. The number of phosphoric ester groups is 1. The summed E-state index contributed by atoms with van der Waals surface area (Å²) in [5.41, 5.74) is 0. The van der Waals surface area contributed by atoms with E-state index in [1.54, 1.807) is 0 Å². The van der Waals surface area contributed by atoms with Gasteiger partial charge in [0, 0.05) is 12.8 Å². The molecule has 0 aliphatic carbocycles. The number of hydrogen-bond donors (Lipinski definition) is 0. The Labute approximate surface area is 541 Å². The van der Waals surface area contributed by atoms with Crippen molar-refractivity contribution in [2.75, 3.05) is 47.5 Å². The maximum atomic E-state index is 12.9. The van der Waals surface area contributed by atoms with E-state index in [1.165, 1.54) is 96.3 Å². The zero-order valence-corrected chi connectivity index (χ0v) is 57.8. The van der Waals surface area contributed by atoms with Gasteiger partial charge in [0.1, 0.15) is 19.8 Å². The van der Waals surface area contributed by atoms with Gasteiger partial charge in [0.25, 0.3) is 7.82 Å². The van der Waals surface area contributed by atoms with Crippen LogP contribution in [0.3, 0.4) is 0 Å². The molecule has 88 heavy (non-hydrogen) atoms. The summed E-state index contributed by atoms with van der Waals surface area (Å²) in [6.07, 6.45) is 100. The van der Waals surface area contributed by atoms with Crippen LogP contribution in [0.25, 0.3) is 0 Å². The molecular weight excluding hydrogens is 1110 g/mol. The molecule has 0 spiro atoms. The zero-order chi connectivity index (χ0) is 64.1. The molecule has 0 aromatic carbocycles. The molecule has 2 unspecified atom stereocenters. The van der Waals surface area contributed by atoms with Gasteiger partial charge in [-0.3, -0.25) is 14.2 Å². The molecule has 0 aromatic rings. The summed E-state index contributed by atoms with van der Waals surface area (Å²) in [7, 11) is 1.14. The average molecular weight is 1240 g/mol. The second-order valence-corrected chi connectivity index (χ2v) is 25.6. The molecule has 9 nitrogen and oxygen atoms in total. The summed E-state index contributed by atoms with van der Waals surface area (Å²) < 4.78 is 34.3. The van der Waals surface area contributed by atoms with Crippen LogP contribution >= 0.6 is 7.82 Å². The fourth-order valence-corrected chi connectivity index (χ4v) is 9.89. The fourth-order valence-electron chi connectivity index (χ4n) is 9.16. The summed E-state index contributed by atoms with van der Waals surface area (Å²) >= 11 is 0. The topological polar surface area (TPSA) is 111 Å². The van der Waals surface area contributed by atoms with Crippen molar-refractivity contribution in [1.29, 1.82) is 0 Å². The second kappa shape index (κ2) is 67.0. The maximum Gasteiger partial charge on any atom is 0.306 e. The van der Waals surface area contributed by atoms with Crippen LogP contribution in [0.2, 0.25) is 0 Å². The Kier molecular flexibility index (Phi) is 63.7. The number of hydrogen-bond acceptors (Lipinski definition) is 8.